The highest BCUT2D eigenvalue weighted by Crippen LogP contribution is 2.16. The van der Waals surface area contributed by atoms with Gasteiger partial charge >= 0.3 is 0 Å². The summed E-state index contributed by atoms with van der Waals surface area (Å²) in [5.41, 5.74) is 6.49. The second kappa shape index (κ2) is 9.14. The van der Waals surface area contributed by atoms with Crippen molar-refractivity contribution in [2.45, 2.75) is 26.7 Å². The van der Waals surface area contributed by atoms with E-state index in [1.807, 2.05) is 38.1 Å². The number of nitrogens with zero attached hydrogens (tertiary/aromatic N) is 2. The minimum absolute atomic E-state index is 0.0431. The van der Waals surface area contributed by atoms with Gasteiger partial charge < -0.3 is 5.32 Å². The fourth-order valence-corrected chi connectivity index (χ4v) is 2.19. The number of benzene rings is 2. The van der Waals surface area contributed by atoms with Crippen molar-refractivity contribution in [3.8, 4) is 6.07 Å². The summed E-state index contributed by atoms with van der Waals surface area (Å²) >= 11 is 0. The van der Waals surface area contributed by atoms with Crippen LogP contribution in [0.15, 0.2) is 47.6 Å². The van der Waals surface area contributed by atoms with E-state index in [0.717, 1.165) is 22.4 Å². The maximum Gasteiger partial charge on any atom is 0.240 e. The van der Waals surface area contributed by atoms with Crippen molar-refractivity contribution in [3.63, 3.8) is 0 Å². The summed E-state index contributed by atoms with van der Waals surface area (Å²) in [6.45, 7) is 3.87. The molecule has 2 N–H and O–H groups in total. The molecule has 0 heterocycles. The average molecular weight is 348 g/mol. The van der Waals surface area contributed by atoms with Gasteiger partial charge in [-0.25, -0.2) is 5.43 Å². The molecule has 0 saturated carbocycles. The molecule has 0 unspecified atom stereocenters. The third-order valence-corrected chi connectivity index (χ3v) is 3.69. The first-order valence-corrected chi connectivity index (χ1v) is 8.17. The Kier molecular flexibility index (Phi) is 6.63. The van der Waals surface area contributed by atoms with Crippen molar-refractivity contribution in [1.29, 1.82) is 5.26 Å². The number of carbonyl (C=O) groups excluding carboxylic acids is 2. The molecule has 6 nitrogen and oxygen atoms in total. The number of hydrazone groups is 1. The van der Waals surface area contributed by atoms with E-state index >= 15 is 0 Å². The Morgan fingerprint density at radius 3 is 2.46 bits per heavy atom. The summed E-state index contributed by atoms with van der Waals surface area (Å²) < 4.78 is 0. The van der Waals surface area contributed by atoms with Gasteiger partial charge in [0, 0.05) is 18.5 Å². The molecule has 0 fully saturated rings. The van der Waals surface area contributed by atoms with Crippen molar-refractivity contribution in [2.75, 3.05) is 5.32 Å². The van der Waals surface area contributed by atoms with E-state index in [-0.39, 0.29) is 24.7 Å². The summed E-state index contributed by atoms with van der Waals surface area (Å²) in [4.78, 5) is 23.7. The van der Waals surface area contributed by atoms with Crippen molar-refractivity contribution in [1.82, 2.24) is 5.43 Å². The van der Waals surface area contributed by atoms with Crippen LogP contribution in [0, 0.1) is 25.2 Å². The molecule has 6 heteroatoms. The summed E-state index contributed by atoms with van der Waals surface area (Å²) in [6, 6.07) is 14.6. The van der Waals surface area contributed by atoms with Crippen LogP contribution in [0.2, 0.25) is 0 Å². The first-order valence-electron chi connectivity index (χ1n) is 8.17. The van der Waals surface area contributed by atoms with E-state index in [1.165, 1.54) is 6.21 Å². The van der Waals surface area contributed by atoms with Crippen molar-refractivity contribution < 1.29 is 9.59 Å². The van der Waals surface area contributed by atoms with Crippen LogP contribution in [0.3, 0.4) is 0 Å². The zero-order valence-corrected chi connectivity index (χ0v) is 14.7. The van der Waals surface area contributed by atoms with Crippen LogP contribution < -0.4 is 10.7 Å². The van der Waals surface area contributed by atoms with Gasteiger partial charge in [-0.05, 0) is 48.7 Å². The van der Waals surface area contributed by atoms with Crippen molar-refractivity contribution in [2.24, 2.45) is 5.10 Å². The van der Waals surface area contributed by atoms with Gasteiger partial charge in [-0.1, -0.05) is 24.3 Å². The fourth-order valence-electron chi connectivity index (χ4n) is 2.19. The molecule has 0 aliphatic carbocycles. The number of nitriles is 1. The van der Waals surface area contributed by atoms with E-state index in [2.05, 4.69) is 15.8 Å². The molecule has 26 heavy (non-hydrogen) atoms. The zero-order chi connectivity index (χ0) is 18.9. The van der Waals surface area contributed by atoms with Crippen LogP contribution in [-0.2, 0) is 9.59 Å². The van der Waals surface area contributed by atoms with E-state index in [9.17, 15) is 9.59 Å². The predicted molar refractivity (Wildman–Crippen MR) is 101 cm³/mol. The van der Waals surface area contributed by atoms with Gasteiger partial charge in [0.25, 0.3) is 0 Å². The lowest BCUT2D eigenvalue weighted by Crippen LogP contribution is -2.20. The molecule has 2 aromatic rings. The summed E-state index contributed by atoms with van der Waals surface area (Å²) in [6.07, 6.45) is 1.60. The summed E-state index contributed by atoms with van der Waals surface area (Å²) in [5, 5.41) is 15.4. The molecule has 2 rings (SSSR count). The maximum atomic E-state index is 12.0. The Balaban J connectivity index is 1.77. The van der Waals surface area contributed by atoms with E-state index in [4.69, 9.17) is 5.26 Å². The molecule has 0 radical (unpaired) electrons. The summed E-state index contributed by atoms with van der Waals surface area (Å²) in [5.74, 6) is -0.559. The third kappa shape index (κ3) is 5.87. The molecule has 0 saturated heterocycles. The fraction of sp³-hybridized carbons (Fsp3) is 0.200. The average Bonchev–Trinajstić information content (AvgIpc) is 2.63. The molecule has 2 amide bonds. The lowest BCUT2D eigenvalue weighted by molar-refractivity contribution is -0.124. The Labute approximate surface area is 152 Å². The van der Waals surface area contributed by atoms with Gasteiger partial charge in [-0.2, -0.15) is 10.4 Å². The number of hydrogen-bond acceptors (Lipinski definition) is 4. The van der Waals surface area contributed by atoms with Crippen LogP contribution in [0.5, 0.6) is 0 Å². The highest BCUT2D eigenvalue weighted by molar-refractivity contribution is 5.94. The number of hydrogen-bond donors (Lipinski definition) is 2. The number of amides is 2. The van der Waals surface area contributed by atoms with Crippen LogP contribution in [-0.4, -0.2) is 18.0 Å². The molecule has 0 aliphatic rings. The number of rotatable bonds is 6. The van der Waals surface area contributed by atoms with Crippen LogP contribution in [0.4, 0.5) is 5.69 Å². The molecule has 0 aromatic heterocycles. The number of nitrogens with one attached hydrogen (secondary N) is 2. The van der Waals surface area contributed by atoms with Crippen molar-refractivity contribution >= 4 is 23.7 Å². The zero-order valence-electron chi connectivity index (χ0n) is 14.7. The Morgan fingerprint density at radius 2 is 1.77 bits per heavy atom. The van der Waals surface area contributed by atoms with Gasteiger partial charge in [0.05, 0.1) is 17.8 Å². The molecular formula is C20H20N4O2. The SMILES string of the molecule is Cc1ccc(C)c(NC(=O)CCC(=O)NN=Cc2ccc(C#N)cc2)c1. The quantitative estimate of drug-likeness (QED) is 0.620. The first kappa shape index (κ1) is 18.9. The molecule has 0 bridgehead atoms. The van der Waals surface area contributed by atoms with Gasteiger partial charge in [0.1, 0.15) is 0 Å². The standard InChI is InChI=1S/C20H20N4O2/c1-14-3-4-15(2)18(11-14)23-19(25)9-10-20(26)24-22-13-17-7-5-16(12-21)6-8-17/h3-8,11,13H,9-10H2,1-2H3,(H,23,25)(H,24,26). The van der Waals surface area contributed by atoms with E-state index < -0.39 is 0 Å². The topological polar surface area (TPSA) is 94.3 Å². The Bertz CT molecular complexity index is 864. The normalized spacial score (nSPS) is 10.3. The minimum Gasteiger partial charge on any atom is -0.326 e. The highest BCUT2D eigenvalue weighted by Gasteiger charge is 2.08. The van der Waals surface area contributed by atoms with Crippen LogP contribution in [0.25, 0.3) is 0 Å². The maximum absolute atomic E-state index is 12.0. The number of anilines is 1. The highest BCUT2D eigenvalue weighted by atomic mass is 16.2. The van der Waals surface area contributed by atoms with Crippen LogP contribution in [0.1, 0.15) is 35.1 Å². The largest absolute Gasteiger partial charge is 0.326 e. The molecule has 0 aliphatic heterocycles. The molecule has 132 valence electrons. The van der Waals surface area contributed by atoms with Crippen molar-refractivity contribution in [3.05, 3.63) is 64.7 Å². The third-order valence-electron chi connectivity index (χ3n) is 3.69. The summed E-state index contributed by atoms with van der Waals surface area (Å²) in [7, 11) is 0. The molecule has 0 atom stereocenters. The molecule has 2 aromatic carbocycles. The van der Waals surface area contributed by atoms with Gasteiger partial charge in [0.15, 0.2) is 0 Å². The monoisotopic (exact) mass is 348 g/mol. The predicted octanol–water partition coefficient (Wildman–Crippen LogP) is 3.04. The van der Waals surface area contributed by atoms with Gasteiger partial charge in [-0.15, -0.1) is 0 Å². The number of aryl methyl sites for hydroxylation is 2. The van der Waals surface area contributed by atoms with E-state index in [0.29, 0.717) is 5.56 Å². The van der Waals surface area contributed by atoms with Crippen LogP contribution >= 0.6 is 0 Å². The minimum atomic E-state index is -0.342. The lowest BCUT2D eigenvalue weighted by atomic mass is 10.1. The Hall–Kier alpha value is -3.46. The molecular weight excluding hydrogens is 328 g/mol. The molecule has 0 spiro atoms. The smallest absolute Gasteiger partial charge is 0.240 e. The van der Waals surface area contributed by atoms with Gasteiger partial charge in [0.2, 0.25) is 11.8 Å². The first-order chi connectivity index (χ1) is 12.5. The Morgan fingerprint density at radius 1 is 1.08 bits per heavy atom. The van der Waals surface area contributed by atoms with E-state index in [1.54, 1.807) is 24.3 Å². The number of carbonyl (C=O) groups is 2. The second-order valence-corrected chi connectivity index (χ2v) is 5.89. The van der Waals surface area contributed by atoms with Gasteiger partial charge in [-0.3, -0.25) is 9.59 Å². The second-order valence-electron chi connectivity index (χ2n) is 5.89. The lowest BCUT2D eigenvalue weighted by Gasteiger charge is -2.09.